The van der Waals surface area contributed by atoms with E-state index in [4.69, 9.17) is 4.74 Å². The number of halogens is 2. The molecule has 3 heterocycles. The molecule has 0 aliphatic rings. The molecule has 158 valence electrons. The van der Waals surface area contributed by atoms with Crippen molar-refractivity contribution in [2.75, 3.05) is 18.5 Å². The van der Waals surface area contributed by atoms with Crippen LogP contribution in [0.15, 0.2) is 36.0 Å². The molecule has 0 saturated carbocycles. The maximum atomic E-state index is 14.5. The Kier molecular flexibility index (Phi) is 5.82. The third kappa shape index (κ3) is 4.07. The van der Waals surface area contributed by atoms with Gasteiger partial charge in [0.05, 0.1) is 22.7 Å². The summed E-state index contributed by atoms with van der Waals surface area (Å²) in [4.78, 5) is 9.49. The Morgan fingerprint density at radius 2 is 2.03 bits per heavy atom. The van der Waals surface area contributed by atoms with Crippen molar-refractivity contribution in [3.63, 3.8) is 0 Å². The van der Waals surface area contributed by atoms with Crippen LogP contribution in [-0.4, -0.2) is 27.7 Å². The van der Waals surface area contributed by atoms with Crippen LogP contribution in [-0.2, 0) is 6.54 Å². The molecule has 0 aliphatic carbocycles. The van der Waals surface area contributed by atoms with E-state index in [1.54, 1.807) is 11.5 Å². The summed E-state index contributed by atoms with van der Waals surface area (Å²) in [6.45, 7) is 4.79. The van der Waals surface area contributed by atoms with Crippen molar-refractivity contribution in [1.82, 2.24) is 14.5 Å². The van der Waals surface area contributed by atoms with Crippen molar-refractivity contribution in [3.05, 3.63) is 58.9 Å². The average molecular weight is 439 g/mol. The fraction of sp³-hybridized carbons (Fsp3) is 0.227. The maximum absolute atomic E-state index is 14.5. The Balaban J connectivity index is 1.53. The van der Waals surface area contributed by atoms with Gasteiger partial charge < -0.3 is 14.6 Å². The summed E-state index contributed by atoms with van der Waals surface area (Å²) in [6, 6.07) is 8.19. The van der Waals surface area contributed by atoms with E-state index in [2.05, 4.69) is 21.4 Å². The normalized spacial score (nSPS) is 10.9. The van der Waals surface area contributed by atoms with Crippen molar-refractivity contribution in [1.29, 1.82) is 5.26 Å². The standard InChI is InChI=1S/C22H19F2N5OS/c1-3-30-15-7-20(31-11-15)19-9-21(28-12-27-19)26-4-5-29-14(10-25)6-16-13(2)17(23)8-18(24)22(16)29/h6-9,11-12H,3-5H2,1-2H3,(H,26,27,28). The van der Waals surface area contributed by atoms with Gasteiger partial charge in [0, 0.05) is 42.1 Å². The van der Waals surface area contributed by atoms with Gasteiger partial charge in [0.25, 0.3) is 0 Å². The van der Waals surface area contributed by atoms with Gasteiger partial charge >= 0.3 is 0 Å². The number of anilines is 1. The Hall–Kier alpha value is -3.51. The fourth-order valence-electron chi connectivity index (χ4n) is 3.41. The predicted molar refractivity (Wildman–Crippen MR) is 116 cm³/mol. The molecule has 6 nitrogen and oxygen atoms in total. The molecule has 0 unspecified atom stereocenters. The molecule has 0 spiro atoms. The van der Waals surface area contributed by atoms with Crippen molar-refractivity contribution in [2.45, 2.75) is 20.4 Å². The minimum absolute atomic E-state index is 0.225. The molecule has 0 atom stereocenters. The maximum Gasteiger partial charge on any atom is 0.150 e. The largest absolute Gasteiger partial charge is 0.493 e. The number of hydrogen-bond acceptors (Lipinski definition) is 6. The summed E-state index contributed by atoms with van der Waals surface area (Å²) in [5.74, 6) is 0.0907. The van der Waals surface area contributed by atoms with Gasteiger partial charge in [-0.1, -0.05) is 0 Å². The number of fused-ring (bicyclic) bond motifs is 1. The number of rotatable bonds is 7. The first-order chi connectivity index (χ1) is 15.0. The molecule has 0 aliphatic heterocycles. The highest BCUT2D eigenvalue weighted by Crippen LogP contribution is 2.31. The molecule has 4 aromatic rings. The minimum atomic E-state index is -0.688. The summed E-state index contributed by atoms with van der Waals surface area (Å²) in [5, 5.41) is 15.0. The summed E-state index contributed by atoms with van der Waals surface area (Å²) in [7, 11) is 0. The van der Waals surface area contributed by atoms with Gasteiger partial charge in [-0.15, -0.1) is 11.3 Å². The number of aryl methyl sites for hydroxylation is 1. The lowest BCUT2D eigenvalue weighted by atomic mass is 10.1. The van der Waals surface area contributed by atoms with Crippen molar-refractivity contribution in [2.24, 2.45) is 0 Å². The van der Waals surface area contributed by atoms with Crippen LogP contribution in [0, 0.1) is 29.9 Å². The molecule has 1 N–H and O–H groups in total. The molecular formula is C22H19F2N5OS. The zero-order chi connectivity index (χ0) is 22.0. The van der Waals surface area contributed by atoms with E-state index in [1.165, 1.54) is 23.7 Å². The van der Waals surface area contributed by atoms with Crippen LogP contribution < -0.4 is 10.1 Å². The number of thiophene rings is 1. The molecule has 0 saturated heterocycles. The molecule has 31 heavy (non-hydrogen) atoms. The van der Waals surface area contributed by atoms with E-state index in [0.717, 1.165) is 22.4 Å². The van der Waals surface area contributed by atoms with E-state index in [0.29, 0.717) is 36.5 Å². The van der Waals surface area contributed by atoms with Gasteiger partial charge in [-0.25, -0.2) is 18.7 Å². The van der Waals surface area contributed by atoms with Gasteiger partial charge in [0.1, 0.15) is 41.3 Å². The Morgan fingerprint density at radius 3 is 2.81 bits per heavy atom. The highest BCUT2D eigenvalue weighted by Gasteiger charge is 2.17. The van der Waals surface area contributed by atoms with Gasteiger partial charge in [-0.3, -0.25) is 0 Å². The Labute approximate surface area is 181 Å². The van der Waals surface area contributed by atoms with Gasteiger partial charge in [0.2, 0.25) is 0 Å². The fourth-order valence-corrected chi connectivity index (χ4v) is 4.21. The second-order valence-electron chi connectivity index (χ2n) is 6.82. The number of benzene rings is 1. The molecule has 0 fully saturated rings. The van der Waals surface area contributed by atoms with Crippen LogP contribution in [0.25, 0.3) is 21.5 Å². The van der Waals surface area contributed by atoms with Crippen molar-refractivity contribution >= 4 is 28.1 Å². The zero-order valence-corrected chi connectivity index (χ0v) is 17.8. The first kappa shape index (κ1) is 20.8. The highest BCUT2D eigenvalue weighted by molar-refractivity contribution is 7.13. The number of ether oxygens (including phenoxy) is 1. The number of nitrogens with one attached hydrogen (secondary N) is 1. The minimum Gasteiger partial charge on any atom is -0.493 e. The van der Waals surface area contributed by atoms with E-state index < -0.39 is 11.6 Å². The molecule has 0 amide bonds. The summed E-state index contributed by atoms with van der Waals surface area (Å²) >= 11 is 1.53. The summed E-state index contributed by atoms with van der Waals surface area (Å²) in [5.41, 5.74) is 1.58. The van der Waals surface area contributed by atoms with E-state index >= 15 is 0 Å². The molecule has 3 aromatic heterocycles. The van der Waals surface area contributed by atoms with Crippen LogP contribution in [0.1, 0.15) is 18.2 Å². The monoisotopic (exact) mass is 439 g/mol. The number of nitrogens with zero attached hydrogens (tertiary/aromatic N) is 4. The lowest BCUT2D eigenvalue weighted by molar-refractivity contribution is 0.342. The zero-order valence-electron chi connectivity index (χ0n) is 16.9. The van der Waals surface area contributed by atoms with Crippen molar-refractivity contribution in [3.8, 4) is 22.4 Å². The van der Waals surface area contributed by atoms with Crippen LogP contribution in [0.4, 0.5) is 14.6 Å². The van der Waals surface area contributed by atoms with Gasteiger partial charge in [-0.05, 0) is 25.5 Å². The number of hydrogen-bond donors (Lipinski definition) is 1. The predicted octanol–water partition coefficient (Wildman–Crippen LogP) is 5.13. The molecule has 4 rings (SSSR count). The second-order valence-corrected chi connectivity index (χ2v) is 7.73. The topological polar surface area (TPSA) is 75.8 Å². The number of aromatic nitrogens is 3. The first-order valence-corrected chi connectivity index (χ1v) is 10.5. The lowest BCUT2D eigenvalue weighted by Gasteiger charge is -2.11. The van der Waals surface area contributed by atoms with Crippen LogP contribution in [0.3, 0.4) is 0 Å². The van der Waals surface area contributed by atoms with E-state index in [-0.39, 0.29) is 11.2 Å². The van der Waals surface area contributed by atoms with Gasteiger partial charge in [-0.2, -0.15) is 5.26 Å². The summed E-state index contributed by atoms with van der Waals surface area (Å²) in [6.07, 6.45) is 1.47. The highest BCUT2D eigenvalue weighted by atomic mass is 32.1. The number of nitriles is 1. The summed E-state index contributed by atoms with van der Waals surface area (Å²) < 4.78 is 35.4. The molecule has 0 radical (unpaired) electrons. The van der Waals surface area contributed by atoms with E-state index in [1.807, 2.05) is 24.4 Å². The Morgan fingerprint density at radius 1 is 1.19 bits per heavy atom. The quantitative estimate of drug-likeness (QED) is 0.432. The van der Waals surface area contributed by atoms with Gasteiger partial charge in [0.15, 0.2) is 0 Å². The Bertz CT molecular complexity index is 1290. The van der Waals surface area contributed by atoms with Crippen molar-refractivity contribution < 1.29 is 13.5 Å². The third-order valence-corrected chi connectivity index (χ3v) is 5.83. The first-order valence-electron chi connectivity index (χ1n) is 9.67. The van der Waals surface area contributed by atoms with Crippen LogP contribution in [0.5, 0.6) is 5.75 Å². The molecular weight excluding hydrogens is 420 g/mol. The second kappa shape index (κ2) is 8.70. The molecule has 1 aromatic carbocycles. The van der Waals surface area contributed by atoms with Crippen LogP contribution in [0.2, 0.25) is 0 Å². The smallest absolute Gasteiger partial charge is 0.150 e. The van der Waals surface area contributed by atoms with Crippen LogP contribution >= 0.6 is 11.3 Å². The third-order valence-electron chi connectivity index (χ3n) is 4.90. The van der Waals surface area contributed by atoms with E-state index in [9.17, 15) is 14.0 Å². The lowest BCUT2D eigenvalue weighted by Crippen LogP contribution is -2.13. The molecule has 9 heteroatoms. The SMILES string of the molecule is CCOc1csc(-c2cc(NCCn3c(C#N)cc4c(C)c(F)cc(F)c43)ncn2)c1. The average Bonchev–Trinajstić information content (AvgIpc) is 3.38. The molecule has 0 bridgehead atoms.